The molecule has 2 fully saturated rings. The van der Waals surface area contributed by atoms with Gasteiger partial charge in [-0.15, -0.1) is 0 Å². The zero-order chi connectivity index (χ0) is 88.6. The molecule has 2 aromatic carbocycles. The minimum absolute atomic E-state index is 0.0136. The number of aliphatic hydroxyl groups excluding tert-OH is 3. The van der Waals surface area contributed by atoms with Gasteiger partial charge in [0.1, 0.15) is 78.3 Å². The van der Waals surface area contributed by atoms with E-state index in [0.29, 0.717) is 5.56 Å². The molecule has 27 N–H and O–H groups in total. The first kappa shape index (κ1) is 98.5. The average molecular weight is 1690 g/mol. The van der Waals surface area contributed by atoms with Crippen LogP contribution in [0.15, 0.2) is 54.6 Å². The van der Waals surface area contributed by atoms with Crippen molar-refractivity contribution in [3.8, 4) is 5.75 Å². The van der Waals surface area contributed by atoms with E-state index in [-0.39, 0.29) is 68.8 Å². The van der Waals surface area contributed by atoms with Crippen LogP contribution in [0.25, 0.3) is 0 Å². The van der Waals surface area contributed by atoms with Crippen LogP contribution in [-0.4, -0.2) is 280 Å². The van der Waals surface area contributed by atoms with Gasteiger partial charge in [0.25, 0.3) is 0 Å². The molecule has 2 aliphatic rings. The Morgan fingerprint density at radius 2 is 0.890 bits per heavy atom. The molecule has 0 radical (unpaired) electrons. The molecular weight excluding hydrogens is 1590 g/mol. The number of phosphoric acid groups is 1. The number of aliphatic carboxylic acids is 3. The molecule has 0 aliphatic carbocycles. The van der Waals surface area contributed by atoms with Gasteiger partial charge in [-0.2, -0.15) is 0 Å². The molecule has 16 amide bonds. The minimum atomic E-state index is -5.15. The van der Waals surface area contributed by atoms with Crippen LogP contribution in [0, 0.1) is 5.92 Å². The zero-order valence-corrected chi connectivity index (χ0v) is 65.8. The Labute approximate surface area is 674 Å². The van der Waals surface area contributed by atoms with Crippen LogP contribution >= 0.6 is 7.82 Å². The molecule has 2 aromatic rings. The molecule has 2 heterocycles. The molecular formula is C71H104N17O29P. The first-order chi connectivity index (χ1) is 55.3. The number of hydrogen-bond acceptors (Lipinski definition) is 25. The van der Waals surface area contributed by atoms with E-state index in [0.717, 1.165) is 35.8 Å². The molecule has 118 heavy (non-hydrogen) atoms. The van der Waals surface area contributed by atoms with E-state index < -0.39 is 288 Å². The number of carbonyl (C=O) groups excluding carboxylic acids is 16. The Hall–Kier alpha value is -11.8. The van der Waals surface area contributed by atoms with Crippen LogP contribution in [-0.2, 0) is 109 Å². The summed E-state index contributed by atoms with van der Waals surface area (Å²) in [6.45, 7) is 2.78. The van der Waals surface area contributed by atoms with Gasteiger partial charge in [-0.25, -0.2) is 9.36 Å². The topological polar surface area (TPSA) is 755 Å². The van der Waals surface area contributed by atoms with E-state index >= 15 is 0 Å². The van der Waals surface area contributed by atoms with Crippen molar-refractivity contribution in [1.29, 1.82) is 0 Å². The van der Waals surface area contributed by atoms with Crippen molar-refractivity contribution >= 4 is 120 Å². The van der Waals surface area contributed by atoms with E-state index in [1.54, 1.807) is 44.2 Å². The summed E-state index contributed by atoms with van der Waals surface area (Å²) in [5, 5.41) is 85.4. The number of phosphoric ester groups is 1. The molecule has 652 valence electrons. The fraction of sp³-hybridized carbons (Fsp3) is 0.563. The van der Waals surface area contributed by atoms with E-state index in [9.17, 15) is 136 Å². The molecule has 2 aliphatic heterocycles. The zero-order valence-electron chi connectivity index (χ0n) is 64.9. The van der Waals surface area contributed by atoms with Gasteiger partial charge in [-0.1, -0.05) is 56.3 Å². The summed E-state index contributed by atoms with van der Waals surface area (Å²) in [5.74, 6) is -23.4. The van der Waals surface area contributed by atoms with Gasteiger partial charge in [-0.3, -0.25) is 96.1 Å². The Morgan fingerprint density at radius 1 is 0.475 bits per heavy atom. The number of amides is 16. The molecule has 46 nitrogen and oxygen atoms in total. The molecule has 4 rings (SSSR count). The summed E-state index contributed by atoms with van der Waals surface area (Å²) in [5.41, 5.74) is 23.1. The number of aliphatic hydroxyl groups is 3. The summed E-state index contributed by atoms with van der Waals surface area (Å²) in [6.07, 6.45) is -10.7. The Balaban J connectivity index is 1.60. The fourth-order valence-corrected chi connectivity index (χ4v) is 12.8. The number of rotatable bonds is 50. The smallest absolute Gasteiger partial charge is 0.481 e. The first-order valence-corrected chi connectivity index (χ1v) is 38.9. The van der Waals surface area contributed by atoms with Gasteiger partial charge >= 0.3 is 25.7 Å². The quantitative estimate of drug-likeness (QED) is 0.0274. The molecule has 0 aromatic heterocycles. The van der Waals surface area contributed by atoms with E-state index in [2.05, 4.69) is 63.0 Å². The molecule has 0 spiro atoms. The summed E-state index contributed by atoms with van der Waals surface area (Å²) in [6, 6.07) is -9.62. The van der Waals surface area contributed by atoms with Gasteiger partial charge in [0.05, 0.1) is 37.8 Å². The number of likely N-dealkylation sites (tertiary alicyclic amines) is 2. The van der Waals surface area contributed by atoms with Gasteiger partial charge in [0, 0.05) is 45.2 Å². The Morgan fingerprint density at radius 3 is 1.36 bits per heavy atom. The van der Waals surface area contributed by atoms with Crippen molar-refractivity contribution in [3.63, 3.8) is 0 Å². The molecule has 15 atom stereocenters. The third kappa shape index (κ3) is 33.4. The van der Waals surface area contributed by atoms with Crippen molar-refractivity contribution in [1.82, 2.24) is 68.3 Å². The largest absolute Gasteiger partial charge is 0.524 e. The SMILES string of the molecule is CC(C)C[C@H](NC(=O)[C@H](CC(N)=O)NC(=O)[C@H](CCC(=O)O)NC(=O)CNC(=O)[C@@H]1CCCN1C(=O)[C@H](CCC(N)=O)NC(=O)[C@H](Cc1ccc(OP(=O)(O)O)cc1)NC(=O)[C@H](CCC(N)=O)NC(=O)[C@@H]1CCCN1C(=O)[C@H](CCC(=O)O)NC(=O)[C@@H](NC(=O)[C@H](CO)NC(=O)[C@@H](NC(=O)[C@@H](N)Cc1ccccc1)[C@@H](C)O)[C@@H](C)O)C(=O)O. The lowest BCUT2D eigenvalue weighted by atomic mass is 10.0. The van der Waals surface area contributed by atoms with Crippen molar-refractivity contribution in [3.05, 3.63) is 65.7 Å². The number of carbonyl (C=O) groups is 19. The molecule has 0 bridgehead atoms. The second-order valence-electron chi connectivity index (χ2n) is 28.5. The number of benzene rings is 2. The monoisotopic (exact) mass is 1690 g/mol. The number of carboxylic acids is 3. The highest BCUT2D eigenvalue weighted by atomic mass is 31.2. The van der Waals surface area contributed by atoms with Crippen molar-refractivity contribution < 1.29 is 141 Å². The van der Waals surface area contributed by atoms with Crippen LogP contribution in [0.5, 0.6) is 5.75 Å². The predicted octanol–water partition coefficient (Wildman–Crippen LogP) is -8.76. The van der Waals surface area contributed by atoms with E-state index in [1.165, 1.54) is 12.1 Å². The van der Waals surface area contributed by atoms with Crippen LogP contribution in [0.4, 0.5) is 0 Å². The first-order valence-electron chi connectivity index (χ1n) is 37.3. The van der Waals surface area contributed by atoms with E-state index in [4.69, 9.17) is 22.9 Å². The predicted molar refractivity (Wildman–Crippen MR) is 405 cm³/mol. The van der Waals surface area contributed by atoms with Gasteiger partial charge in [0.15, 0.2) is 0 Å². The number of nitrogens with one attached hydrogen (secondary N) is 11. The molecule has 0 saturated carbocycles. The van der Waals surface area contributed by atoms with Gasteiger partial charge in [-0.05, 0) is 107 Å². The summed E-state index contributed by atoms with van der Waals surface area (Å²) < 4.78 is 16.3. The van der Waals surface area contributed by atoms with Crippen LogP contribution < -0.4 is 85.9 Å². The van der Waals surface area contributed by atoms with Crippen LogP contribution in [0.3, 0.4) is 0 Å². The summed E-state index contributed by atoms with van der Waals surface area (Å²) >= 11 is 0. The average Bonchev–Trinajstić information content (AvgIpc) is 1.61. The number of hydrogen-bond donors (Lipinski definition) is 23. The maximum atomic E-state index is 14.8. The standard InChI is InChI=1S/C71H104N17O29P/c1-34(2)28-47(71(112)113)83-63(104)46(31-53(75)94)82-60(101)41(20-24-55(96)97)77-54(95)32-76-65(106)49-12-8-26-87(49)69(110)43(19-23-52(74)93)79-62(103)45(30-38-14-16-39(17-15-38)117-118(114,115)116)81-61(102)42(18-22-51(73)92)78-66(107)50-13-9-27-88(50)70(111)44(21-25-56(98)99)80-67(108)58(36(4)91)86-64(105)48(33-89)84-68(109)57(35(3)90)85-59(100)40(72)29-37-10-6-5-7-11-37/h5-7,10-11,14-17,34-36,40-50,57-58,89-91H,8-9,12-13,18-33,72H2,1-4H3,(H2,73,92)(H2,74,93)(H2,75,94)(H,76,106)(H,77,95)(H,78,107)(H,79,103)(H,80,108)(H,81,102)(H,82,101)(H,83,104)(H,84,109)(H,85,100)(H,86,105)(H,96,97)(H,98,99)(H,112,113)(H2,114,115,116)/t35-,36-,40+,41+,42+,43+,44+,45+,46+,47+,48+,49+,50+,57+,58+/m1/s1. The molecule has 2 saturated heterocycles. The second kappa shape index (κ2) is 47.4. The molecule has 0 unspecified atom stereocenters. The van der Waals surface area contributed by atoms with Gasteiger partial charge in [0.2, 0.25) is 94.5 Å². The second-order valence-corrected chi connectivity index (χ2v) is 29.7. The Bertz CT molecular complexity index is 4000. The number of primary amides is 3. The van der Waals surface area contributed by atoms with Crippen molar-refractivity contribution in [2.24, 2.45) is 28.9 Å². The lowest BCUT2D eigenvalue weighted by Gasteiger charge is -2.31. The van der Waals surface area contributed by atoms with Crippen LogP contribution in [0.2, 0.25) is 0 Å². The fourth-order valence-electron chi connectivity index (χ4n) is 12.4. The third-order valence-corrected chi connectivity index (χ3v) is 18.9. The summed E-state index contributed by atoms with van der Waals surface area (Å²) in [4.78, 5) is 275. The Kier molecular flexibility index (Phi) is 39.6. The highest BCUT2D eigenvalue weighted by Crippen LogP contribution is 2.37. The highest BCUT2D eigenvalue weighted by Gasteiger charge is 2.44. The molecule has 47 heteroatoms. The summed E-state index contributed by atoms with van der Waals surface area (Å²) in [7, 11) is -5.15. The van der Waals surface area contributed by atoms with Gasteiger partial charge < -0.3 is 126 Å². The van der Waals surface area contributed by atoms with Crippen molar-refractivity contribution in [2.45, 2.75) is 221 Å². The van der Waals surface area contributed by atoms with Crippen molar-refractivity contribution in [2.75, 3.05) is 26.2 Å². The lowest BCUT2D eigenvalue weighted by Crippen LogP contribution is -2.63. The highest BCUT2D eigenvalue weighted by molar-refractivity contribution is 7.46. The van der Waals surface area contributed by atoms with Crippen LogP contribution in [0.1, 0.15) is 129 Å². The normalized spacial score (nSPS) is 17.1. The minimum Gasteiger partial charge on any atom is -0.481 e. The van der Waals surface area contributed by atoms with E-state index in [1.807, 2.05) is 0 Å². The lowest BCUT2D eigenvalue weighted by molar-refractivity contribution is -0.144. The number of nitrogens with zero attached hydrogens (tertiary/aromatic N) is 2. The maximum absolute atomic E-state index is 14.8. The third-order valence-electron chi connectivity index (χ3n) is 18.4. The number of nitrogens with two attached hydrogens (primary N) is 4. The maximum Gasteiger partial charge on any atom is 0.524 e. The number of carboxylic acid groups (broad SMARTS) is 3.